The molecule has 7 nitrogen and oxygen atoms in total. The number of likely N-dealkylation sites (tertiary alicyclic amines) is 1. The number of hydrogen-bond acceptors (Lipinski definition) is 5. The van der Waals surface area contributed by atoms with Gasteiger partial charge in [-0.05, 0) is 30.9 Å². The van der Waals surface area contributed by atoms with Gasteiger partial charge in [-0.1, -0.05) is 6.92 Å². The Labute approximate surface area is 137 Å². The molecule has 1 aromatic heterocycles. The van der Waals surface area contributed by atoms with Gasteiger partial charge in [-0.25, -0.2) is 18.1 Å². The Bertz CT molecular complexity index is 623. The molecule has 2 rings (SSSR count). The smallest absolute Gasteiger partial charge is 0.255 e. The van der Waals surface area contributed by atoms with E-state index in [9.17, 15) is 13.2 Å². The molecule has 2 heterocycles. The van der Waals surface area contributed by atoms with Crippen LogP contribution in [0.15, 0.2) is 18.3 Å². The number of piperidine rings is 1. The molecule has 0 bridgehead atoms. The molecular formula is C15H24N4O3S. The molecule has 0 unspecified atom stereocenters. The second kappa shape index (κ2) is 7.74. The van der Waals surface area contributed by atoms with Gasteiger partial charge in [0.05, 0.1) is 11.8 Å². The lowest BCUT2D eigenvalue weighted by Gasteiger charge is -2.30. The number of pyridine rings is 1. The van der Waals surface area contributed by atoms with Crippen molar-refractivity contribution < 1.29 is 13.2 Å². The van der Waals surface area contributed by atoms with Crippen LogP contribution in [0, 0.1) is 5.92 Å². The summed E-state index contributed by atoms with van der Waals surface area (Å²) in [5.74, 6) is 1.32. The lowest BCUT2D eigenvalue weighted by Crippen LogP contribution is -2.37. The van der Waals surface area contributed by atoms with Crippen LogP contribution < -0.4 is 10.0 Å². The van der Waals surface area contributed by atoms with E-state index in [2.05, 4.69) is 21.9 Å². The van der Waals surface area contributed by atoms with Crippen LogP contribution in [0.1, 0.15) is 30.1 Å². The number of carbonyl (C=O) groups excluding carboxylic acids is 1. The third kappa shape index (κ3) is 5.80. The predicted molar refractivity (Wildman–Crippen MR) is 89.9 cm³/mol. The van der Waals surface area contributed by atoms with Crippen LogP contribution in [-0.2, 0) is 10.0 Å². The van der Waals surface area contributed by atoms with Gasteiger partial charge in [0, 0.05) is 32.4 Å². The first-order valence-corrected chi connectivity index (χ1v) is 9.68. The van der Waals surface area contributed by atoms with Crippen molar-refractivity contribution in [3.63, 3.8) is 0 Å². The number of rotatable bonds is 6. The molecule has 0 radical (unpaired) electrons. The van der Waals surface area contributed by atoms with Crippen molar-refractivity contribution in [1.82, 2.24) is 14.6 Å². The van der Waals surface area contributed by atoms with E-state index in [1.54, 1.807) is 18.3 Å². The predicted octanol–water partition coefficient (Wildman–Crippen LogP) is 0.915. The van der Waals surface area contributed by atoms with Crippen molar-refractivity contribution in [3.05, 3.63) is 23.9 Å². The van der Waals surface area contributed by atoms with Gasteiger partial charge < -0.3 is 10.2 Å². The fraction of sp³-hybridized carbons (Fsp3) is 0.600. The van der Waals surface area contributed by atoms with Gasteiger partial charge in [-0.2, -0.15) is 0 Å². The Morgan fingerprint density at radius 2 is 2.00 bits per heavy atom. The summed E-state index contributed by atoms with van der Waals surface area (Å²) >= 11 is 0. The molecule has 1 amide bonds. The number of sulfonamides is 1. The number of carbonyl (C=O) groups is 1. The molecule has 1 fully saturated rings. The van der Waals surface area contributed by atoms with Crippen molar-refractivity contribution in [2.45, 2.75) is 19.8 Å². The highest BCUT2D eigenvalue weighted by Gasteiger charge is 2.21. The Hall–Kier alpha value is -1.67. The topological polar surface area (TPSA) is 91.4 Å². The zero-order chi connectivity index (χ0) is 16.9. The second-order valence-electron chi connectivity index (χ2n) is 6.00. The molecule has 1 aromatic rings. The first-order chi connectivity index (χ1) is 10.8. The third-order valence-corrected chi connectivity index (χ3v) is 4.61. The zero-order valence-electron chi connectivity index (χ0n) is 13.6. The van der Waals surface area contributed by atoms with Gasteiger partial charge in [-0.15, -0.1) is 0 Å². The molecular weight excluding hydrogens is 316 g/mol. The van der Waals surface area contributed by atoms with Crippen LogP contribution >= 0.6 is 0 Å². The number of hydrogen-bond donors (Lipinski definition) is 2. The summed E-state index contributed by atoms with van der Waals surface area (Å²) < 4.78 is 24.3. The Morgan fingerprint density at radius 1 is 1.30 bits per heavy atom. The molecule has 0 aromatic carbocycles. The lowest BCUT2D eigenvalue weighted by molar-refractivity contribution is 0.0697. The van der Waals surface area contributed by atoms with Crippen LogP contribution in [0.5, 0.6) is 0 Å². The summed E-state index contributed by atoms with van der Waals surface area (Å²) in [5.41, 5.74) is 0.583. The summed E-state index contributed by atoms with van der Waals surface area (Å²) in [6.45, 7) is 4.53. The van der Waals surface area contributed by atoms with E-state index in [-0.39, 0.29) is 12.5 Å². The average Bonchev–Trinajstić information content (AvgIpc) is 2.51. The van der Waals surface area contributed by atoms with Crippen molar-refractivity contribution >= 4 is 21.7 Å². The highest BCUT2D eigenvalue weighted by atomic mass is 32.2. The minimum Gasteiger partial charge on any atom is -0.369 e. The summed E-state index contributed by atoms with van der Waals surface area (Å²) in [6.07, 6.45) is 4.78. The van der Waals surface area contributed by atoms with E-state index in [0.29, 0.717) is 23.8 Å². The normalized spacial score (nSPS) is 16.3. The van der Waals surface area contributed by atoms with Crippen LogP contribution in [0.2, 0.25) is 0 Å². The number of nitrogens with zero attached hydrogens (tertiary/aromatic N) is 2. The van der Waals surface area contributed by atoms with Crippen molar-refractivity contribution in [1.29, 1.82) is 0 Å². The van der Waals surface area contributed by atoms with E-state index < -0.39 is 10.0 Å². The maximum Gasteiger partial charge on any atom is 0.255 e. The van der Waals surface area contributed by atoms with Gasteiger partial charge >= 0.3 is 0 Å². The van der Waals surface area contributed by atoms with Crippen molar-refractivity contribution in [2.24, 2.45) is 5.92 Å². The van der Waals surface area contributed by atoms with Gasteiger partial charge in [0.2, 0.25) is 10.0 Å². The third-order valence-electron chi connectivity index (χ3n) is 3.88. The zero-order valence-corrected chi connectivity index (χ0v) is 14.4. The van der Waals surface area contributed by atoms with E-state index in [0.717, 1.165) is 32.2 Å². The van der Waals surface area contributed by atoms with Gasteiger partial charge in [-0.3, -0.25) is 4.79 Å². The Kier molecular flexibility index (Phi) is 5.95. The number of anilines is 1. The monoisotopic (exact) mass is 340 g/mol. The van der Waals surface area contributed by atoms with E-state index in [1.807, 2.05) is 4.90 Å². The summed E-state index contributed by atoms with van der Waals surface area (Å²) in [4.78, 5) is 18.5. The maximum absolute atomic E-state index is 12.4. The minimum atomic E-state index is -3.17. The molecule has 0 saturated carbocycles. The van der Waals surface area contributed by atoms with Crippen LogP contribution in [0.4, 0.5) is 5.82 Å². The largest absolute Gasteiger partial charge is 0.369 e. The molecule has 0 spiro atoms. The summed E-state index contributed by atoms with van der Waals surface area (Å²) in [6, 6.07) is 3.49. The van der Waals surface area contributed by atoms with Gasteiger partial charge in [0.1, 0.15) is 5.82 Å². The molecule has 8 heteroatoms. The number of nitrogens with one attached hydrogen (secondary N) is 2. The highest BCUT2D eigenvalue weighted by Crippen LogP contribution is 2.18. The molecule has 0 aliphatic carbocycles. The Morgan fingerprint density at radius 3 is 2.57 bits per heavy atom. The molecule has 1 aliphatic rings. The SMILES string of the molecule is CC1CCN(C(=O)c2ccc(NCCNS(C)(=O)=O)nc2)CC1. The van der Waals surface area contributed by atoms with Gasteiger partial charge in [0.25, 0.3) is 5.91 Å². The maximum atomic E-state index is 12.4. The fourth-order valence-corrected chi connectivity index (χ4v) is 2.92. The molecule has 0 atom stereocenters. The second-order valence-corrected chi connectivity index (χ2v) is 7.83. The average molecular weight is 340 g/mol. The fourth-order valence-electron chi connectivity index (χ4n) is 2.45. The van der Waals surface area contributed by atoms with Crippen LogP contribution in [0.3, 0.4) is 0 Å². The number of amides is 1. The lowest BCUT2D eigenvalue weighted by atomic mass is 9.99. The molecule has 23 heavy (non-hydrogen) atoms. The minimum absolute atomic E-state index is 0.0229. The van der Waals surface area contributed by atoms with Gasteiger partial charge in [0.15, 0.2) is 0 Å². The summed E-state index contributed by atoms with van der Waals surface area (Å²) in [5, 5.41) is 3.01. The highest BCUT2D eigenvalue weighted by molar-refractivity contribution is 7.88. The van der Waals surface area contributed by atoms with Crippen LogP contribution in [0.25, 0.3) is 0 Å². The first kappa shape index (κ1) is 17.7. The van der Waals surface area contributed by atoms with E-state index in [4.69, 9.17) is 0 Å². The van der Waals surface area contributed by atoms with Crippen molar-refractivity contribution in [2.75, 3.05) is 37.8 Å². The number of aromatic nitrogens is 1. The molecule has 1 saturated heterocycles. The Balaban J connectivity index is 1.83. The molecule has 128 valence electrons. The van der Waals surface area contributed by atoms with Crippen LogP contribution in [-0.4, -0.2) is 56.6 Å². The molecule has 1 aliphatic heterocycles. The van der Waals surface area contributed by atoms with Crippen molar-refractivity contribution in [3.8, 4) is 0 Å². The molecule has 2 N–H and O–H groups in total. The van der Waals surface area contributed by atoms with E-state index in [1.165, 1.54) is 0 Å². The summed E-state index contributed by atoms with van der Waals surface area (Å²) in [7, 11) is -3.17. The quantitative estimate of drug-likeness (QED) is 0.751. The standard InChI is InChI=1S/C15H24N4O3S/c1-12-5-9-19(10-6-12)15(20)13-3-4-14(17-11-13)16-7-8-18-23(2,21)22/h3-4,11-12,18H,5-10H2,1-2H3,(H,16,17). The first-order valence-electron chi connectivity index (χ1n) is 7.79. The van der Waals surface area contributed by atoms with E-state index >= 15 is 0 Å².